The zero-order valence-electron chi connectivity index (χ0n) is 15.0. The third-order valence-corrected chi connectivity index (χ3v) is 3.54. The second kappa shape index (κ2) is 11.3. The predicted octanol–water partition coefficient (Wildman–Crippen LogP) is 3.59. The van der Waals surface area contributed by atoms with Gasteiger partial charge in [0.2, 0.25) is 0 Å². The highest BCUT2D eigenvalue weighted by atomic mass is 127. The van der Waals surface area contributed by atoms with Gasteiger partial charge in [-0.25, -0.2) is 8.78 Å². The molecule has 1 unspecified atom stereocenters. The van der Waals surface area contributed by atoms with Crippen LogP contribution in [-0.4, -0.2) is 25.7 Å². The van der Waals surface area contributed by atoms with Gasteiger partial charge in [-0.15, -0.1) is 24.0 Å². The largest absolute Gasteiger partial charge is 0.489 e. The molecule has 0 saturated carbocycles. The minimum Gasteiger partial charge on any atom is -0.489 e. The second-order valence-electron chi connectivity index (χ2n) is 5.61. The molecule has 2 rings (SSSR count). The van der Waals surface area contributed by atoms with E-state index in [1.165, 1.54) is 30.3 Å². The van der Waals surface area contributed by atoms with Crippen LogP contribution in [0.4, 0.5) is 8.78 Å². The Morgan fingerprint density at radius 2 is 2.00 bits per heavy atom. The molecule has 0 radical (unpaired) electrons. The van der Waals surface area contributed by atoms with E-state index in [0.29, 0.717) is 29.4 Å². The maximum absolute atomic E-state index is 13.8. The summed E-state index contributed by atoms with van der Waals surface area (Å²) in [6.07, 6.45) is -0.242. The summed E-state index contributed by atoms with van der Waals surface area (Å²) >= 11 is 0. The normalized spacial score (nSPS) is 11.7. The van der Waals surface area contributed by atoms with Crippen LogP contribution >= 0.6 is 24.0 Å². The molecular formula is C19H21F2IN4O. The Balaban J connectivity index is 0.00000364. The number of halogens is 3. The molecule has 2 aromatic carbocycles. The topological polar surface area (TPSA) is 69.4 Å². The molecule has 0 aromatic heterocycles. The van der Waals surface area contributed by atoms with Crippen molar-refractivity contribution in [2.45, 2.75) is 19.6 Å². The van der Waals surface area contributed by atoms with Crippen LogP contribution in [0.3, 0.4) is 0 Å². The SMILES string of the molecule is CN=C(NCc1cc(C#N)ccc1F)NCC(C)Oc1cccc(F)c1.I. The molecule has 2 aromatic rings. The number of hydrogen-bond donors (Lipinski definition) is 2. The molecule has 0 aliphatic carbocycles. The zero-order chi connectivity index (χ0) is 18.9. The van der Waals surface area contributed by atoms with E-state index in [2.05, 4.69) is 15.6 Å². The van der Waals surface area contributed by atoms with Crippen molar-refractivity contribution in [3.8, 4) is 11.8 Å². The second-order valence-corrected chi connectivity index (χ2v) is 5.61. The lowest BCUT2D eigenvalue weighted by Gasteiger charge is -2.18. The molecule has 2 N–H and O–H groups in total. The Hall–Kier alpha value is -2.41. The quantitative estimate of drug-likeness (QED) is 0.372. The summed E-state index contributed by atoms with van der Waals surface area (Å²) in [5.41, 5.74) is 0.763. The number of nitrogens with zero attached hydrogens (tertiary/aromatic N) is 2. The molecule has 8 heteroatoms. The molecule has 0 heterocycles. The summed E-state index contributed by atoms with van der Waals surface area (Å²) in [6, 6.07) is 12.1. The van der Waals surface area contributed by atoms with Gasteiger partial charge in [0.25, 0.3) is 0 Å². The van der Waals surface area contributed by atoms with E-state index >= 15 is 0 Å². The van der Waals surface area contributed by atoms with Crippen molar-refractivity contribution in [3.05, 3.63) is 65.2 Å². The molecule has 0 fully saturated rings. The van der Waals surface area contributed by atoms with Crippen molar-refractivity contribution in [2.75, 3.05) is 13.6 Å². The van der Waals surface area contributed by atoms with Gasteiger partial charge in [-0.2, -0.15) is 5.26 Å². The first-order valence-electron chi connectivity index (χ1n) is 8.07. The number of hydrogen-bond acceptors (Lipinski definition) is 3. The Morgan fingerprint density at radius 3 is 2.67 bits per heavy atom. The van der Waals surface area contributed by atoms with Crippen molar-refractivity contribution >= 4 is 29.9 Å². The van der Waals surface area contributed by atoms with Crippen LogP contribution in [0.2, 0.25) is 0 Å². The predicted molar refractivity (Wildman–Crippen MR) is 111 cm³/mol. The summed E-state index contributed by atoms with van der Waals surface area (Å²) < 4.78 is 32.6. The molecule has 0 amide bonds. The lowest BCUT2D eigenvalue weighted by atomic mass is 10.1. The smallest absolute Gasteiger partial charge is 0.191 e. The fourth-order valence-electron chi connectivity index (χ4n) is 2.23. The monoisotopic (exact) mass is 486 g/mol. The average Bonchev–Trinajstić information content (AvgIpc) is 2.63. The fraction of sp³-hybridized carbons (Fsp3) is 0.263. The van der Waals surface area contributed by atoms with E-state index in [-0.39, 0.29) is 42.4 Å². The van der Waals surface area contributed by atoms with Gasteiger partial charge >= 0.3 is 0 Å². The minimum atomic E-state index is -0.394. The molecule has 0 spiro atoms. The van der Waals surface area contributed by atoms with E-state index in [0.717, 1.165) is 0 Å². The maximum atomic E-state index is 13.8. The van der Waals surface area contributed by atoms with Gasteiger partial charge < -0.3 is 15.4 Å². The van der Waals surface area contributed by atoms with E-state index in [1.54, 1.807) is 19.2 Å². The van der Waals surface area contributed by atoms with Crippen LogP contribution in [0.5, 0.6) is 5.75 Å². The van der Waals surface area contributed by atoms with E-state index in [4.69, 9.17) is 10.00 Å². The van der Waals surface area contributed by atoms with Crippen LogP contribution < -0.4 is 15.4 Å². The molecule has 0 saturated heterocycles. The third kappa shape index (κ3) is 7.38. The number of aliphatic imine (C=N–C) groups is 1. The van der Waals surface area contributed by atoms with E-state index < -0.39 is 5.82 Å². The van der Waals surface area contributed by atoms with Gasteiger partial charge in [0.05, 0.1) is 18.2 Å². The number of benzene rings is 2. The lowest BCUT2D eigenvalue weighted by molar-refractivity contribution is 0.223. The molecule has 27 heavy (non-hydrogen) atoms. The molecule has 144 valence electrons. The fourth-order valence-corrected chi connectivity index (χ4v) is 2.23. The van der Waals surface area contributed by atoms with E-state index in [9.17, 15) is 8.78 Å². The Labute approximate surface area is 174 Å². The number of nitrogens with one attached hydrogen (secondary N) is 2. The Bertz CT molecular complexity index is 824. The van der Waals surface area contributed by atoms with Crippen molar-refractivity contribution in [2.24, 2.45) is 4.99 Å². The van der Waals surface area contributed by atoms with Gasteiger partial charge in [0.1, 0.15) is 23.5 Å². The first kappa shape index (κ1) is 22.6. The zero-order valence-corrected chi connectivity index (χ0v) is 17.3. The molecule has 0 bridgehead atoms. The first-order chi connectivity index (χ1) is 12.5. The number of ether oxygens (including phenoxy) is 1. The maximum Gasteiger partial charge on any atom is 0.191 e. The van der Waals surface area contributed by atoms with Gasteiger partial charge in [-0.05, 0) is 37.3 Å². The minimum absolute atomic E-state index is 0. The van der Waals surface area contributed by atoms with Crippen LogP contribution in [-0.2, 0) is 6.54 Å². The third-order valence-electron chi connectivity index (χ3n) is 3.54. The summed E-state index contributed by atoms with van der Waals surface area (Å²) in [5, 5.41) is 14.9. The summed E-state index contributed by atoms with van der Waals surface area (Å²) in [7, 11) is 1.59. The molecular weight excluding hydrogens is 465 g/mol. The highest BCUT2D eigenvalue weighted by Gasteiger charge is 2.08. The Kier molecular flexibility index (Phi) is 9.50. The highest BCUT2D eigenvalue weighted by molar-refractivity contribution is 14.0. The Morgan fingerprint density at radius 1 is 1.22 bits per heavy atom. The van der Waals surface area contributed by atoms with Gasteiger partial charge in [-0.3, -0.25) is 4.99 Å². The van der Waals surface area contributed by atoms with Crippen LogP contribution in [0.15, 0.2) is 47.5 Å². The summed E-state index contributed by atoms with van der Waals surface area (Å²) in [4.78, 5) is 4.06. The highest BCUT2D eigenvalue weighted by Crippen LogP contribution is 2.13. The standard InChI is InChI=1S/C19H20F2N4O.HI/c1-13(26-17-5-3-4-16(20)9-17)11-24-19(23-2)25-12-15-8-14(10-22)6-7-18(15)21;/h3-9,13H,11-12H2,1-2H3,(H2,23,24,25);1H. The molecule has 0 aliphatic heterocycles. The molecule has 0 aliphatic rings. The number of rotatable bonds is 6. The first-order valence-corrected chi connectivity index (χ1v) is 8.07. The lowest BCUT2D eigenvalue weighted by Crippen LogP contribution is -2.41. The number of nitriles is 1. The van der Waals surface area contributed by atoms with Crippen molar-refractivity contribution in [1.29, 1.82) is 5.26 Å². The van der Waals surface area contributed by atoms with Crippen LogP contribution in [0.1, 0.15) is 18.1 Å². The van der Waals surface area contributed by atoms with Crippen molar-refractivity contribution < 1.29 is 13.5 Å². The summed E-state index contributed by atoms with van der Waals surface area (Å²) in [5.74, 6) is 0.149. The average molecular weight is 486 g/mol. The summed E-state index contributed by atoms with van der Waals surface area (Å²) in [6.45, 7) is 2.43. The van der Waals surface area contributed by atoms with Gasteiger partial charge in [-0.1, -0.05) is 6.07 Å². The van der Waals surface area contributed by atoms with Gasteiger partial charge in [0, 0.05) is 25.2 Å². The van der Waals surface area contributed by atoms with Crippen LogP contribution in [0.25, 0.3) is 0 Å². The molecule has 5 nitrogen and oxygen atoms in total. The molecule has 1 atom stereocenters. The number of guanidine groups is 1. The van der Waals surface area contributed by atoms with E-state index in [1.807, 2.05) is 13.0 Å². The van der Waals surface area contributed by atoms with Crippen molar-refractivity contribution in [1.82, 2.24) is 10.6 Å². The van der Waals surface area contributed by atoms with Gasteiger partial charge in [0.15, 0.2) is 5.96 Å². The van der Waals surface area contributed by atoms with Crippen LogP contribution in [0, 0.1) is 23.0 Å². The van der Waals surface area contributed by atoms with Crippen molar-refractivity contribution in [3.63, 3.8) is 0 Å².